The number of aliphatic hydroxyl groups is 2. The van der Waals surface area contributed by atoms with E-state index in [-0.39, 0.29) is 17.5 Å². The standard InChI is InChI=1S/C10H16BrClO3/c1-9(13,3-4-12)8-5-7(11)10(2,14)6-15-8/h3-4,7-8,13-14H,5-6H2,1-2H3/b4-3+/t7-,8+,9+,10-/m1/s1. The summed E-state index contributed by atoms with van der Waals surface area (Å²) in [5.74, 6) is 0. The van der Waals surface area contributed by atoms with Gasteiger partial charge in [-0.15, -0.1) is 0 Å². The van der Waals surface area contributed by atoms with Crippen molar-refractivity contribution in [2.75, 3.05) is 6.61 Å². The molecule has 0 spiro atoms. The molecule has 1 aliphatic rings. The molecule has 1 heterocycles. The van der Waals surface area contributed by atoms with Gasteiger partial charge in [-0.25, -0.2) is 0 Å². The SMILES string of the molecule is C[C@](O)(/C=C/Cl)[C@@H]1C[C@@H](Br)[C@](C)(O)CO1. The van der Waals surface area contributed by atoms with Crippen molar-refractivity contribution >= 4 is 27.5 Å². The maximum absolute atomic E-state index is 10.0. The summed E-state index contributed by atoms with van der Waals surface area (Å²) in [7, 11) is 0. The van der Waals surface area contributed by atoms with E-state index in [1.165, 1.54) is 11.6 Å². The highest BCUT2D eigenvalue weighted by atomic mass is 79.9. The van der Waals surface area contributed by atoms with Crippen LogP contribution >= 0.6 is 27.5 Å². The summed E-state index contributed by atoms with van der Waals surface area (Å²) in [6.07, 6.45) is 1.65. The Kier molecular flexibility index (Phi) is 4.23. The van der Waals surface area contributed by atoms with E-state index in [9.17, 15) is 10.2 Å². The van der Waals surface area contributed by atoms with Crippen LogP contribution in [-0.2, 0) is 4.74 Å². The minimum absolute atomic E-state index is 0.0982. The minimum atomic E-state index is -1.11. The third kappa shape index (κ3) is 3.17. The molecule has 3 nitrogen and oxygen atoms in total. The van der Waals surface area contributed by atoms with E-state index >= 15 is 0 Å². The first-order valence-corrected chi connectivity index (χ1v) is 6.13. The second-order valence-electron chi connectivity index (χ2n) is 4.38. The van der Waals surface area contributed by atoms with E-state index in [0.29, 0.717) is 6.42 Å². The fourth-order valence-electron chi connectivity index (χ4n) is 1.51. The summed E-state index contributed by atoms with van der Waals surface area (Å²) in [5, 5.41) is 19.9. The summed E-state index contributed by atoms with van der Waals surface area (Å²) in [6, 6.07) is 0. The van der Waals surface area contributed by atoms with Crippen LogP contribution < -0.4 is 0 Å². The Morgan fingerprint density at radius 1 is 1.67 bits per heavy atom. The molecule has 0 amide bonds. The van der Waals surface area contributed by atoms with Crippen molar-refractivity contribution in [3.63, 3.8) is 0 Å². The number of ether oxygens (including phenoxy) is 1. The van der Waals surface area contributed by atoms with Gasteiger partial charge in [-0.1, -0.05) is 27.5 Å². The number of rotatable bonds is 2. The Bertz CT molecular complexity index is 253. The third-order valence-electron chi connectivity index (χ3n) is 2.72. The van der Waals surface area contributed by atoms with Crippen LogP contribution in [0, 0.1) is 0 Å². The fraction of sp³-hybridized carbons (Fsp3) is 0.800. The van der Waals surface area contributed by atoms with Gasteiger partial charge in [0.05, 0.1) is 18.3 Å². The number of hydrogen-bond acceptors (Lipinski definition) is 3. The Morgan fingerprint density at radius 2 is 2.27 bits per heavy atom. The number of halogens is 2. The van der Waals surface area contributed by atoms with Gasteiger partial charge in [0.25, 0.3) is 0 Å². The predicted molar refractivity (Wildman–Crippen MR) is 63.3 cm³/mol. The van der Waals surface area contributed by atoms with Gasteiger partial charge in [0.2, 0.25) is 0 Å². The van der Waals surface area contributed by atoms with Gasteiger partial charge in [0, 0.05) is 10.4 Å². The van der Waals surface area contributed by atoms with E-state index in [2.05, 4.69) is 15.9 Å². The Labute approximate surface area is 103 Å². The average molecular weight is 300 g/mol. The van der Waals surface area contributed by atoms with Crippen molar-refractivity contribution in [2.24, 2.45) is 0 Å². The van der Waals surface area contributed by atoms with E-state index in [1.54, 1.807) is 13.8 Å². The molecule has 88 valence electrons. The fourth-order valence-corrected chi connectivity index (χ4v) is 2.24. The van der Waals surface area contributed by atoms with Crippen LogP contribution in [0.3, 0.4) is 0 Å². The second kappa shape index (κ2) is 4.72. The largest absolute Gasteiger partial charge is 0.387 e. The highest BCUT2D eigenvalue weighted by molar-refractivity contribution is 9.09. The summed E-state index contributed by atoms with van der Waals surface area (Å²) in [5.41, 5.74) is -0.721. The van der Waals surface area contributed by atoms with E-state index in [0.717, 1.165) is 0 Å². The van der Waals surface area contributed by atoms with Gasteiger partial charge >= 0.3 is 0 Å². The molecule has 1 rings (SSSR count). The Morgan fingerprint density at radius 3 is 2.73 bits per heavy atom. The summed E-state index contributed by atoms with van der Waals surface area (Å²) in [6.45, 7) is 3.53. The van der Waals surface area contributed by atoms with Crippen molar-refractivity contribution in [2.45, 2.75) is 42.4 Å². The lowest BCUT2D eigenvalue weighted by molar-refractivity contribution is -0.152. The van der Waals surface area contributed by atoms with Crippen molar-refractivity contribution in [3.05, 3.63) is 11.6 Å². The minimum Gasteiger partial charge on any atom is -0.387 e. The van der Waals surface area contributed by atoms with Gasteiger partial charge in [0.15, 0.2) is 0 Å². The molecule has 0 bridgehead atoms. The average Bonchev–Trinajstić information content (AvgIpc) is 2.09. The molecule has 0 aromatic rings. The van der Waals surface area contributed by atoms with Crippen molar-refractivity contribution < 1.29 is 14.9 Å². The zero-order chi connectivity index (χ0) is 11.7. The molecular weight excluding hydrogens is 283 g/mol. The van der Waals surface area contributed by atoms with Crippen LogP contribution in [-0.4, -0.2) is 39.0 Å². The molecule has 1 fully saturated rings. The lowest BCUT2D eigenvalue weighted by Crippen LogP contribution is -2.53. The normalized spacial score (nSPS) is 41.7. The number of alkyl halides is 1. The molecule has 1 aliphatic heterocycles. The van der Waals surface area contributed by atoms with E-state index < -0.39 is 11.2 Å². The Balaban J connectivity index is 2.69. The maximum Gasteiger partial charge on any atom is 0.107 e. The second-order valence-corrected chi connectivity index (χ2v) is 5.74. The monoisotopic (exact) mass is 298 g/mol. The highest BCUT2D eigenvalue weighted by Gasteiger charge is 2.43. The van der Waals surface area contributed by atoms with Gasteiger partial charge in [-0.05, 0) is 26.3 Å². The lowest BCUT2D eigenvalue weighted by Gasteiger charge is -2.42. The van der Waals surface area contributed by atoms with Crippen molar-refractivity contribution in [1.82, 2.24) is 0 Å². The molecule has 0 aromatic carbocycles. The first-order chi connectivity index (χ1) is 6.79. The van der Waals surface area contributed by atoms with Crippen LogP contribution in [0.5, 0.6) is 0 Å². The molecule has 2 N–H and O–H groups in total. The maximum atomic E-state index is 10.0. The Hall–Kier alpha value is 0.390. The molecule has 0 unspecified atom stereocenters. The van der Waals surface area contributed by atoms with Crippen LogP contribution in [0.4, 0.5) is 0 Å². The first-order valence-electron chi connectivity index (χ1n) is 4.78. The molecule has 15 heavy (non-hydrogen) atoms. The van der Waals surface area contributed by atoms with Gasteiger partial charge < -0.3 is 14.9 Å². The van der Waals surface area contributed by atoms with Crippen LogP contribution in [0.2, 0.25) is 0 Å². The van der Waals surface area contributed by atoms with E-state index in [4.69, 9.17) is 16.3 Å². The van der Waals surface area contributed by atoms with Crippen molar-refractivity contribution in [3.8, 4) is 0 Å². The summed E-state index contributed by atoms with van der Waals surface area (Å²) >= 11 is 8.84. The number of hydrogen-bond donors (Lipinski definition) is 2. The molecule has 0 radical (unpaired) electrons. The van der Waals surface area contributed by atoms with E-state index in [1.807, 2.05) is 0 Å². The zero-order valence-electron chi connectivity index (χ0n) is 8.78. The predicted octanol–water partition coefficient (Wildman–Crippen LogP) is 1.79. The summed E-state index contributed by atoms with van der Waals surface area (Å²) < 4.78 is 5.44. The molecule has 0 saturated carbocycles. The highest BCUT2D eigenvalue weighted by Crippen LogP contribution is 2.33. The molecular formula is C10H16BrClO3. The first kappa shape index (κ1) is 13.5. The van der Waals surface area contributed by atoms with Crippen LogP contribution in [0.1, 0.15) is 20.3 Å². The zero-order valence-corrected chi connectivity index (χ0v) is 11.1. The molecule has 5 heteroatoms. The van der Waals surface area contributed by atoms with Crippen LogP contribution in [0.15, 0.2) is 11.6 Å². The van der Waals surface area contributed by atoms with Gasteiger partial charge in [-0.3, -0.25) is 0 Å². The quantitative estimate of drug-likeness (QED) is 0.764. The lowest BCUT2D eigenvalue weighted by atomic mass is 9.88. The molecule has 0 aliphatic carbocycles. The van der Waals surface area contributed by atoms with Gasteiger partial charge in [-0.2, -0.15) is 0 Å². The van der Waals surface area contributed by atoms with Gasteiger partial charge in [0.1, 0.15) is 5.60 Å². The van der Waals surface area contributed by atoms with Crippen LogP contribution in [0.25, 0.3) is 0 Å². The van der Waals surface area contributed by atoms with Crippen molar-refractivity contribution in [1.29, 1.82) is 0 Å². The summed E-state index contributed by atoms with van der Waals surface area (Å²) in [4.78, 5) is -0.0982. The molecule has 4 atom stereocenters. The third-order valence-corrected chi connectivity index (χ3v) is 4.21. The smallest absolute Gasteiger partial charge is 0.107 e. The molecule has 0 aromatic heterocycles. The molecule has 1 saturated heterocycles. The topological polar surface area (TPSA) is 49.7 Å².